The standard InChI is InChI=1S/C18H17NO/c20-16-10-11-18(14-7-2-1-3-8-14)12-13-6-4-5-9-15(13)17(18)19-16/h1-9,17H,10-12H2,(H,19,20)/t17-,18+/m0/s1. The lowest BCUT2D eigenvalue weighted by Gasteiger charge is -2.40. The molecule has 2 aromatic rings. The van der Waals surface area contributed by atoms with Gasteiger partial charge in [0.1, 0.15) is 0 Å². The molecule has 1 aliphatic carbocycles. The molecule has 2 aliphatic rings. The van der Waals surface area contributed by atoms with Crippen molar-refractivity contribution in [3.8, 4) is 0 Å². The molecular weight excluding hydrogens is 246 g/mol. The summed E-state index contributed by atoms with van der Waals surface area (Å²) in [6.45, 7) is 0. The first-order valence-corrected chi connectivity index (χ1v) is 7.22. The highest BCUT2D eigenvalue weighted by molar-refractivity contribution is 5.79. The van der Waals surface area contributed by atoms with Crippen LogP contribution in [0.15, 0.2) is 54.6 Å². The predicted molar refractivity (Wildman–Crippen MR) is 78.4 cm³/mol. The smallest absolute Gasteiger partial charge is 0.220 e. The summed E-state index contributed by atoms with van der Waals surface area (Å²) in [4.78, 5) is 11.9. The SMILES string of the molecule is O=C1CC[C@]2(c3ccccc3)Cc3ccccc3[C@@H]2N1. The average Bonchev–Trinajstić information content (AvgIpc) is 2.83. The van der Waals surface area contributed by atoms with Crippen molar-refractivity contribution >= 4 is 5.91 Å². The molecule has 1 aliphatic heterocycles. The van der Waals surface area contributed by atoms with Gasteiger partial charge in [0, 0.05) is 11.8 Å². The number of rotatable bonds is 1. The minimum Gasteiger partial charge on any atom is -0.348 e. The third-order valence-electron chi connectivity index (χ3n) is 4.88. The van der Waals surface area contributed by atoms with Gasteiger partial charge in [-0.3, -0.25) is 4.79 Å². The lowest BCUT2D eigenvalue weighted by atomic mass is 9.69. The molecule has 0 unspecified atom stereocenters. The van der Waals surface area contributed by atoms with Crippen LogP contribution in [0.4, 0.5) is 0 Å². The minimum absolute atomic E-state index is 0.0405. The van der Waals surface area contributed by atoms with Crippen LogP contribution in [0.25, 0.3) is 0 Å². The Kier molecular flexibility index (Phi) is 2.46. The van der Waals surface area contributed by atoms with Gasteiger partial charge in [-0.15, -0.1) is 0 Å². The number of hydrogen-bond donors (Lipinski definition) is 1. The van der Waals surface area contributed by atoms with Crippen LogP contribution in [0.5, 0.6) is 0 Å². The second-order valence-electron chi connectivity index (χ2n) is 5.90. The maximum Gasteiger partial charge on any atom is 0.220 e. The van der Waals surface area contributed by atoms with Crippen LogP contribution < -0.4 is 5.32 Å². The number of piperidine rings is 1. The molecule has 1 heterocycles. The predicted octanol–water partition coefficient (Wildman–Crippen LogP) is 3.13. The zero-order valence-corrected chi connectivity index (χ0v) is 11.3. The van der Waals surface area contributed by atoms with Crippen LogP contribution in [-0.2, 0) is 16.6 Å². The molecule has 2 atom stereocenters. The van der Waals surface area contributed by atoms with Crippen molar-refractivity contribution in [1.29, 1.82) is 0 Å². The van der Waals surface area contributed by atoms with Crippen molar-refractivity contribution in [3.63, 3.8) is 0 Å². The van der Waals surface area contributed by atoms with Crippen LogP contribution in [0.3, 0.4) is 0 Å². The first kappa shape index (κ1) is 11.7. The molecule has 4 rings (SSSR count). The first-order valence-electron chi connectivity index (χ1n) is 7.22. The Morgan fingerprint density at radius 3 is 2.60 bits per heavy atom. The third-order valence-corrected chi connectivity index (χ3v) is 4.88. The van der Waals surface area contributed by atoms with E-state index in [0.717, 1.165) is 12.8 Å². The normalized spacial score (nSPS) is 27.6. The molecule has 1 saturated heterocycles. The monoisotopic (exact) mass is 263 g/mol. The number of carbonyl (C=O) groups is 1. The Hall–Kier alpha value is -2.09. The Balaban J connectivity index is 1.88. The van der Waals surface area contributed by atoms with Crippen LogP contribution in [-0.4, -0.2) is 5.91 Å². The number of carbonyl (C=O) groups excluding carboxylic acids is 1. The second-order valence-corrected chi connectivity index (χ2v) is 5.90. The van der Waals surface area contributed by atoms with Gasteiger partial charge in [0.15, 0.2) is 0 Å². The summed E-state index contributed by atoms with van der Waals surface area (Å²) >= 11 is 0. The van der Waals surface area contributed by atoms with Gasteiger partial charge in [0.05, 0.1) is 6.04 Å². The second kappa shape index (κ2) is 4.20. The highest BCUT2D eigenvalue weighted by Crippen LogP contribution is 2.52. The van der Waals surface area contributed by atoms with Crippen molar-refractivity contribution in [2.75, 3.05) is 0 Å². The van der Waals surface area contributed by atoms with Gasteiger partial charge < -0.3 is 5.32 Å². The molecule has 1 fully saturated rings. The van der Waals surface area contributed by atoms with E-state index in [1.807, 2.05) is 0 Å². The van der Waals surface area contributed by atoms with E-state index in [1.165, 1.54) is 16.7 Å². The van der Waals surface area contributed by atoms with Crippen molar-refractivity contribution in [3.05, 3.63) is 71.3 Å². The zero-order valence-electron chi connectivity index (χ0n) is 11.3. The van der Waals surface area contributed by atoms with E-state index in [0.29, 0.717) is 6.42 Å². The van der Waals surface area contributed by atoms with Crippen molar-refractivity contribution in [2.24, 2.45) is 0 Å². The van der Waals surface area contributed by atoms with Gasteiger partial charge in [0.2, 0.25) is 5.91 Å². The lowest BCUT2D eigenvalue weighted by molar-refractivity contribution is -0.124. The molecule has 100 valence electrons. The van der Waals surface area contributed by atoms with Crippen LogP contribution in [0.1, 0.15) is 35.6 Å². The fourth-order valence-corrected chi connectivity index (χ4v) is 3.92. The van der Waals surface area contributed by atoms with Gasteiger partial charge in [-0.25, -0.2) is 0 Å². The van der Waals surface area contributed by atoms with Crippen LogP contribution >= 0.6 is 0 Å². The van der Waals surface area contributed by atoms with E-state index in [-0.39, 0.29) is 17.4 Å². The average molecular weight is 263 g/mol. The molecule has 0 bridgehead atoms. The summed E-state index contributed by atoms with van der Waals surface area (Å²) in [7, 11) is 0. The van der Waals surface area contributed by atoms with Gasteiger partial charge in [-0.05, 0) is 29.5 Å². The molecule has 0 radical (unpaired) electrons. The van der Waals surface area contributed by atoms with Gasteiger partial charge in [-0.1, -0.05) is 54.6 Å². The fraction of sp³-hybridized carbons (Fsp3) is 0.278. The lowest BCUT2D eigenvalue weighted by Crippen LogP contribution is -2.47. The zero-order chi connectivity index (χ0) is 13.6. The quantitative estimate of drug-likeness (QED) is 0.841. The van der Waals surface area contributed by atoms with Crippen LogP contribution in [0.2, 0.25) is 0 Å². The van der Waals surface area contributed by atoms with Crippen molar-refractivity contribution in [2.45, 2.75) is 30.7 Å². The topological polar surface area (TPSA) is 29.1 Å². The molecule has 1 amide bonds. The molecule has 0 aromatic heterocycles. The Bertz CT molecular complexity index is 664. The molecular formula is C18H17NO. The summed E-state index contributed by atoms with van der Waals surface area (Å²) in [6.07, 6.45) is 2.58. The first-order chi connectivity index (χ1) is 9.79. The minimum atomic E-state index is 0.0405. The molecule has 0 saturated carbocycles. The van der Waals surface area contributed by atoms with Crippen molar-refractivity contribution < 1.29 is 4.79 Å². The van der Waals surface area contributed by atoms with Gasteiger partial charge in [0.25, 0.3) is 0 Å². The summed E-state index contributed by atoms with van der Waals surface area (Å²) in [6, 6.07) is 19.3. The van der Waals surface area contributed by atoms with E-state index in [4.69, 9.17) is 0 Å². The van der Waals surface area contributed by atoms with Gasteiger partial charge in [-0.2, -0.15) is 0 Å². The van der Waals surface area contributed by atoms with E-state index >= 15 is 0 Å². The van der Waals surface area contributed by atoms with Gasteiger partial charge >= 0.3 is 0 Å². The van der Waals surface area contributed by atoms with E-state index in [2.05, 4.69) is 59.9 Å². The Morgan fingerprint density at radius 2 is 1.75 bits per heavy atom. The molecule has 2 aromatic carbocycles. The summed E-state index contributed by atoms with van der Waals surface area (Å²) in [5, 5.41) is 3.23. The maximum atomic E-state index is 11.9. The van der Waals surface area contributed by atoms with E-state index in [9.17, 15) is 4.79 Å². The van der Waals surface area contributed by atoms with E-state index in [1.54, 1.807) is 0 Å². The molecule has 2 nitrogen and oxygen atoms in total. The fourth-order valence-electron chi connectivity index (χ4n) is 3.92. The molecule has 2 heteroatoms. The number of fused-ring (bicyclic) bond motifs is 3. The molecule has 1 N–H and O–H groups in total. The number of amides is 1. The summed E-state index contributed by atoms with van der Waals surface area (Å²) in [5.41, 5.74) is 4.06. The number of hydrogen-bond acceptors (Lipinski definition) is 1. The summed E-state index contributed by atoms with van der Waals surface area (Å²) in [5.74, 6) is 0.179. The number of nitrogens with one attached hydrogen (secondary N) is 1. The maximum absolute atomic E-state index is 11.9. The highest BCUT2D eigenvalue weighted by atomic mass is 16.1. The Labute approximate surface area is 118 Å². The summed E-state index contributed by atoms with van der Waals surface area (Å²) < 4.78 is 0. The van der Waals surface area contributed by atoms with E-state index < -0.39 is 0 Å². The highest BCUT2D eigenvalue weighted by Gasteiger charge is 2.50. The largest absolute Gasteiger partial charge is 0.348 e. The molecule has 20 heavy (non-hydrogen) atoms. The van der Waals surface area contributed by atoms with Crippen molar-refractivity contribution in [1.82, 2.24) is 5.32 Å². The third kappa shape index (κ3) is 1.54. The number of benzene rings is 2. The van der Waals surface area contributed by atoms with Crippen LogP contribution in [0, 0.1) is 0 Å². The Morgan fingerprint density at radius 1 is 1.00 bits per heavy atom. The molecule has 0 spiro atoms.